The molecule has 1 aromatic rings. The minimum atomic E-state index is -3.53. The fourth-order valence-corrected chi connectivity index (χ4v) is 4.14. The second-order valence-corrected chi connectivity index (χ2v) is 8.71. The van der Waals surface area contributed by atoms with Gasteiger partial charge in [-0.05, 0) is 30.4 Å². The number of sulfonamides is 1. The summed E-state index contributed by atoms with van der Waals surface area (Å²) in [7, 11) is -0.536. The minimum Gasteiger partial charge on any atom is -0.335 e. The smallest absolute Gasteiger partial charge is 0.315 e. The van der Waals surface area contributed by atoms with Crippen molar-refractivity contribution in [3.63, 3.8) is 0 Å². The number of hydrogen-bond acceptors (Lipinski definition) is 3. The van der Waals surface area contributed by atoms with Gasteiger partial charge < -0.3 is 10.6 Å². The van der Waals surface area contributed by atoms with Crippen molar-refractivity contribution in [1.82, 2.24) is 14.9 Å². The summed E-state index contributed by atoms with van der Waals surface area (Å²) in [5.74, 6) is 0.478. The predicted octanol–water partition coefficient (Wildman–Crippen LogP) is 2.31. The van der Waals surface area contributed by atoms with Crippen LogP contribution < -0.4 is 10.6 Å². The first-order valence-electron chi connectivity index (χ1n) is 8.37. The average Bonchev–Trinajstić information content (AvgIpc) is 2.55. The minimum absolute atomic E-state index is 0.177. The molecule has 6 nitrogen and oxygen atoms in total. The molecule has 0 aromatic heterocycles. The molecule has 0 aliphatic heterocycles. The van der Waals surface area contributed by atoms with Gasteiger partial charge in [-0.2, -0.15) is 0 Å². The lowest BCUT2D eigenvalue weighted by atomic mass is 9.86. The zero-order valence-corrected chi connectivity index (χ0v) is 15.4. The molecular formula is C17H27N3O3S. The third-order valence-corrected chi connectivity index (χ3v) is 6.51. The Morgan fingerprint density at radius 2 is 1.88 bits per heavy atom. The van der Waals surface area contributed by atoms with E-state index in [4.69, 9.17) is 0 Å². The molecule has 1 saturated carbocycles. The highest BCUT2D eigenvalue weighted by Gasteiger charge is 2.23. The summed E-state index contributed by atoms with van der Waals surface area (Å²) >= 11 is 0. The van der Waals surface area contributed by atoms with Gasteiger partial charge in [0.2, 0.25) is 10.0 Å². The lowest BCUT2D eigenvalue weighted by Crippen LogP contribution is -2.45. The quantitative estimate of drug-likeness (QED) is 0.853. The molecule has 1 aromatic carbocycles. The summed E-state index contributed by atoms with van der Waals surface area (Å²) in [5, 5.41) is 5.80. The van der Waals surface area contributed by atoms with Crippen LogP contribution in [0.4, 0.5) is 4.79 Å². The van der Waals surface area contributed by atoms with Crippen LogP contribution in [0.1, 0.15) is 38.2 Å². The van der Waals surface area contributed by atoms with Crippen LogP contribution in [0.5, 0.6) is 0 Å². The predicted molar refractivity (Wildman–Crippen MR) is 94.1 cm³/mol. The summed E-state index contributed by atoms with van der Waals surface area (Å²) in [6.45, 7) is 2.33. The number of nitrogens with one attached hydrogen (secondary N) is 2. The van der Waals surface area contributed by atoms with E-state index in [1.54, 1.807) is 24.3 Å². The number of hydrogen-bond donors (Lipinski definition) is 2. The molecule has 0 unspecified atom stereocenters. The molecule has 0 bridgehead atoms. The van der Waals surface area contributed by atoms with Crippen molar-refractivity contribution in [3.8, 4) is 0 Å². The Labute approximate surface area is 144 Å². The Morgan fingerprint density at radius 1 is 1.21 bits per heavy atom. The number of carbonyl (C=O) groups excluding carboxylic acids is 1. The summed E-state index contributed by atoms with van der Waals surface area (Å²) in [6, 6.07) is 6.69. The van der Waals surface area contributed by atoms with Gasteiger partial charge in [-0.25, -0.2) is 17.5 Å². The number of benzene rings is 1. The van der Waals surface area contributed by atoms with Gasteiger partial charge in [0.1, 0.15) is 0 Å². The van der Waals surface area contributed by atoms with E-state index in [0.717, 1.165) is 19.3 Å². The molecule has 1 aliphatic carbocycles. The Kier molecular flexibility index (Phi) is 6.23. The third kappa shape index (κ3) is 4.48. The van der Waals surface area contributed by atoms with Gasteiger partial charge in [0.25, 0.3) is 0 Å². The second-order valence-electron chi connectivity index (χ2n) is 6.59. The van der Waals surface area contributed by atoms with E-state index >= 15 is 0 Å². The molecule has 7 heteroatoms. The van der Waals surface area contributed by atoms with Crippen LogP contribution in [0.3, 0.4) is 0 Å². The van der Waals surface area contributed by atoms with E-state index in [-0.39, 0.29) is 23.5 Å². The Balaban J connectivity index is 2.01. The first-order valence-corrected chi connectivity index (χ1v) is 9.81. The van der Waals surface area contributed by atoms with E-state index in [0.29, 0.717) is 11.5 Å². The molecular weight excluding hydrogens is 326 g/mol. The Morgan fingerprint density at radius 3 is 2.54 bits per heavy atom. The van der Waals surface area contributed by atoms with Crippen LogP contribution in [-0.2, 0) is 16.6 Å². The van der Waals surface area contributed by atoms with Crippen LogP contribution >= 0.6 is 0 Å². The topological polar surface area (TPSA) is 78.5 Å². The summed E-state index contributed by atoms with van der Waals surface area (Å²) in [4.78, 5) is 12.4. The lowest BCUT2D eigenvalue weighted by molar-refractivity contribution is 0.221. The SMILES string of the molecule is C[C@H]1CCCC[C@H]1NC(=O)NCc1ccccc1S(=O)(=O)N(C)C. The molecule has 24 heavy (non-hydrogen) atoms. The van der Waals surface area contributed by atoms with Gasteiger partial charge in [0, 0.05) is 26.7 Å². The maximum Gasteiger partial charge on any atom is 0.315 e. The first kappa shape index (κ1) is 18.7. The van der Waals surface area contributed by atoms with Gasteiger partial charge >= 0.3 is 6.03 Å². The zero-order valence-electron chi connectivity index (χ0n) is 14.6. The van der Waals surface area contributed by atoms with Gasteiger partial charge in [-0.3, -0.25) is 0 Å². The van der Waals surface area contributed by atoms with E-state index in [2.05, 4.69) is 17.6 Å². The third-order valence-electron chi connectivity index (χ3n) is 4.60. The van der Waals surface area contributed by atoms with Crippen molar-refractivity contribution < 1.29 is 13.2 Å². The van der Waals surface area contributed by atoms with Crippen molar-refractivity contribution in [2.24, 2.45) is 5.92 Å². The molecule has 0 heterocycles. The van der Waals surface area contributed by atoms with Crippen LogP contribution in [0, 0.1) is 5.92 Å². The van der Waals surface area contributed by atoms with Crippen molar-refractivity contribution >= 4 is 16.1 Å². The number of amides is 2. The van der Waals surface area contributed by atoms with E-state index < -0.39 is 10.0 Å². The van der Waals surface area contributed by atoms with E-state index in [1.807, 2.05) is 0 Å². The van der Waals surface area contributed by atoms with Crippen molar-refractivity contribution in [3.05, 3.63) is 29.8 Å². The molecule has 0 saturated heterocycles. The maximum atomic E-state index is 12.4. The molecule has 2 N–H and O–H groups in total. The highest BCUT2D eigenvalue weighted by atomic mass is 32.2. The van der Waals surface area contributed by atoms with Crippen LogP contribution in [-0.4, -0.2) is 38.9 Å². The van der Waals surface area contributed by atoms with Crippen molar-refractivity contribution in [2.75, 3.05) is 14.1 Å². The molecule has 2 rings (SSSR count). The second kappa shape index (κ2) is 7.98. The molecule has 134 valence electrons. The van der Waals surface area contributed by atoms with Crippen molar-refractivity contribution in [2.45, 2.75) is 50.1 Å². The monoisotopic (exact) mass is 353 g/mol. The molecule has 0 radical (unpaired) electrons. The Bertz CT molecular complexity index is 673. The first-order chi connectivity index (χ1) is 11.3. The van der Waals surface area contributed by atoms with Crippen molar-refractivity contribution in [1.29, 1.82) is 0 Å². The molecule has 0 spiro atoms. The van der Waals surface area contributed by atoms with Crippen LogP contribution in [0.15, 0.2) is 29.2 Å². The summed E-state index contributed by atoms with van der Waals surface area (Å²) < 4.78 is 25.9. The zero-order chi connectivity index (χ0) is 17.7. The summed E-state index contributed by atoms with van der Waals surface area (Å²) in [5.41, 5.74) is 0.582. The fraction of sp³-hybridized carbons (Fsp3) is 0.588. The van der Waals surface area contributed by atoms with Crippen LogP contribution in [0.25, 0.3) is 0 Å². The summed E-state index contributed by atoms with van der Waals surface area (Å²) in [6.07, 6.45) is 4.49. The largest absolute Gasteiger partial charge is 0.335 e. The molecule has 2 amide bonds. The van der Waals surface area contributed by atoms with Gasteiger partial charge in [0.05, 0.1) is 4.90 Å². The highest BCUT2D eigenvalue weighted by molar-refractivity contribution is 7.89. The number of nitrogens with zero attached hydrogens (tertiary/aromatic N) is 1. The number of urea groups is 1. The maximum absolute atomic E-state index is 12.4. The Hall–Kier alpha value is -1.60. The fourth-order valence-electron chi connectivity index (χ4n) is 3.02. The average molecular weight is 353 g/mol. The number of rotatable bonds is 5. The van der Waals surface area contributed by atoms with Gasteiger partial charge in [-0.15, -0.1) is 0 Å². The molecule has 1 aliphatic rings. The normalized spacial score (nSPS) is 21.5. The van der Waals surface area contributed by atoms with Gasteiger partial charge in [-0.1, -0.05) is 38.0 Å². The van der Waals surface area contributed by atoms with E-state index in [1.165, 1.54) is 24.8 Å². The standard InChI is InChI=1S/C17H27N3O3S/c1-13-8-4-6-10-15(13)19-17(21)18-12-14-9-5-7-11-16(14)24(22,23)20(2)3/h5,7,9,11,13,15H,4,6,8,10,12H2,1-3H3,(H2,18,19,21)/t13-,15+/m0/s1. The highest BCUT2D eigenvalue weighted by Crippen LogP contribution is 2.23. The molecule has 1 fully saturated rings. The van der Waals surface area contributed by atoms with Gasteiger partial charge in [0.15, 0.2) is 0 Å². The molecule has 2 atom stereocenters. The van der Waals surface area contributed by atoms with Crippen LogP contribution in [0.2, 0.25) is 0 Å². The number of carbonyl (C=O) groups is 1. The lowest BCUT2D eigenvalue weighted by Gasteiger charge is -2.29. The van der Waals surface area contributed by atoms with E-state index in [9.17, 15) is 13.2 Å².